The maximum absolute atomic E-state index is 4.53. The molecule has 1 heterocycles. The van der Waals surface area contributed by atoms with Crippen LogP contribution in [0.5, 0.6) is 0 Å². The second-order valence-electron chi connectivity index (χ2n) is 6.03. The first-order chi connectivity index (χ1) is 10.8. The molecule has 0 fully saturated rings. The zero-order valence-corrected chi connectivity index (χ0v) is 14.0. The molecule has 0 aliphatic carbocycles. The summed E-state index contributed by atoms with van der Waals surface area (Å²) < 4.78 is 0. The highest BCUT2D eigenvalue weighted by Gasteiger charge is 2.02. The van der Waals surface area contributed by atoms with Crippen LogP contribution in [0.25, 0.3) is 11.4 Å². The number of hydrogen-bond acceptors (Lipinski definition) is 2. The third-order valence-corrected chi connectivity index (χ3v) is 4.03. The number of benzene rings is 1. The summed E-state index contributed by atoms with van der Waals surface area (Å²) in [5.41, 5.74) is 3.74. The lowest BCUT2D eigenvalue weighted by Gasteiger charge is -2.04. The van der Waals surface area contributed by atoms with E-state index in [9.17, 15) is 0 Å². The van der Waals surface area contributed by atoms with Crippen molar-refractivity contribution in [3.05, 3.63) is 47.8 Å². The van der Waals surface area contributed by atoms with Gasteiger partial charge < -0.3 is 0 Å². The van der Waals surface area contributed by atoms with E-state index in [-0.39, 0.29) is 0 Å². The molecule has 0 amide bonds. The Bertz CT molecular complexity index is 529. The van der Waals surface area contributed by atoms with Crippen LogP contribution in [0.3, 0.4) is 0 Å². The molecular formula is C20H28N2. The molecule has 1 aromatic carbocycles. The van der Waals surface area contributed by atoms with Gasteiger partial charge in [0.1, 0.15) is 0 Å². The summed E-state index contributed by atoms with van der Waals surface area (Å²) >= 11 is 0. The lowest BCUT2D eigenvalue weighted by atomic mass is 10.1. The highest BCUT2D eigenvalue weighted by molar-refractivity contribution is 5.55. The fourth-order valence-electron chi connectivity index (χ4n) is 2.67. The summed E-state index contributed by atoms with van der Waals surface area (Å²) in [4.78, 5) is 9.06. The van der Waals surface area contributed by atoms with Crippen LogP contribution < -0.4 is 0 Å². The van der Waals surface area contributed by atoms with Crippen molar-refractivity contribution >= 4 is 0 Å². The smallest absolute Gasteiger partial charge is 0.159 e. The fraction of sp³-hybridized carbons (Fsp3) is 0.500. The minimum atomic E-state index is 0.831. The van der Waals surface area contributed by atoms with Gasteiger partial charge >= 0.3 is 0 Å². The maximum atomic E-state index is 4.53. The van der Waals surface area contributed by atoms with E-state index in [0.717, 1.165) is 24.2 Å². The molecule has 0 N–H and O–H groups in total. The molecular weight excluding hydrogens is 268 g/mol. The summed E-state index contributed by atoms with van der Waals surface area (Å²) in [5.74, 6) is 0.831. The van der Waals surface area contributed by atoms with Gasteiger partial charge in [0.25, 0.3) is 0 Å². The SMILES string of the molecule is CCCCCCCc1cnc(-c2ccc(CCC)cc2)nc1. The van der Waals surface area contributed by atoms with E-state index in [2.05, 4.69) is 48.1 Å². The van der Waals surface area contributed by atoms with Gasteiger partial charge in [0.15, 0.2) is 5.82 Å². The molecule has 2 heteroatoms. The topological polar surface area (TPSA) is 25.8 Å². The van der Waals surface area contributed by atoms with Crippen molar-refractivity contribution < 1.29 is 0 Å². The van der Waals surface area contributed by atoms with Gasteiger partial charge in [-0.2, -0.15) is 0 Å². The van der Waals surface area contributed by atoms with Crippen LogP contribution in [0, 0.1) is 0 Å². The second-order valence-corrected chi connectivity index (χ2v) is 6.03. The zero-order chi connectivity index (χ0) is 15.6. The maximum Gasteiger partial charge on any atom is 0.159 e. The molecule has 0 bridgehead atoms. The van der Waals surface area contributed by atoms with Crippen LogP contribution in [0.1, 0.15) is 63.5 Å². The highest BCUT2D eigenvalue weighted by Crippen LogP contribution is 2.17. The minimum Gasteiger partial charge on any atom is -0.236 e. The van der Waals surface area contributed by atoms with Crippen LogP contribution >= 0.6 is 0 Å². The van der Waals surface area contributed by atoms with Gasteiger partial charge in [-0.05, 0) is 30.4 Å². The molecule has 22 heavy (non-hydrogen) atoms. The molecule has 0 radical (unpaired) electrons. The molecule has 2 nitrogen and oxygen atoms in total. The molecule has 1 aromatic heterocycles. The number of nitrogens with zero attached hydrogens (tertiary/aromatic N) is 2. The molecule has 2 rings (SSSR count). The number of rotatable bonds is 9. The molecule has 0 spiro atoms. The van der Waals surface area contributed by atoms with E-state index >= 15 is 0 Å². The van der Waals surface area contributed by atoms with Gasteiger partial charge in [-0.1, -0.05) is 70.2 Å². The number of aryl methyl sites for hydroxylation is 2. The predicted molar refractivity (Wildman–Crippen MR) is 93.9 cm³/mol. The number of aromatic nitrogens is 2. The van der Waals surface area contributed by atoms with Crippen molar-refractivity contribution in [2.24, 2.45) is 0 Å². The van der Waals surface area contributed by atoms with E-state index in [4.69, 9.17) is 0 Å². The third kappa shape index (κ3) is 5.25. The van der Waals surface area contributed by atoms with E-state index in [1.807, 2.05) is 12.4 Å². The largest absolute Gasteiger partial charge is 0.236 e. The average molecular weight is 296 g/mol. The van der Waals surface area contributed by atoms with Gasteiger partial charge in [0.2, 0.25) is 0 Å². The Morgan fingerprint density at radius 1 is 0.682 bits per heavy atom. The standard InChI is InChI=1S/C20H28N2/c1-3-5-6-7-8-10-18-15-21-20(22-16-18)19-13-11-17(9-4-2)12-14-19/h11-16H,3-10H2,1-2H3. The summed E-state index contributed by atoms with van der Waals surface area (Å²) in [7, 11) is 0. The van der Waals surface area contributed by atoms with Gasteiger partial charge in [-0.3, -0.25) is 0 Å². The average Bonchev–Trinajstić information content (AvgIpc) is 2.56. The molecule has 118 valence electrons. The number of hydrogen-bond donors (Lipinski definition) is 0. The van der Waals surface area contributed by atoms with Crippen LogP contribution in [-0.4, -0.2) is 9.97 Å². The molecule has 0 unspecified atom stereocenters. The van der Waals surface area contributed by atoms with Crippen molar-refractivity contribution in [1.29, 1.82) is 0 Å². The van der Waals surface area contributed by atoms with Crippen LogP contribution in [0.2, 0.25) is 0 Å². The molecule has 0 saturated heterocycles. The molecule has 0 atom stereocenters. The minimum absolute atomic E-state index is 0.831. The first-order valence-corrected chi connectivity index (χ1v) is 8.73. The Morgan fingerprint density at radius 3 is 2.00 bits per heavy atom. The summed E-state index contributed by atoms with van der Waals surface area (Å²) in [6, 6.07) is 8.63. The Labute approximate surface area is 135 Å². The fourth-order valence-corrected chi connectivity index (χ4v) is 2.67. The number of unbranched alkanes of at least 4 members (excludes halogenated alkanes) is 4. The summed E-state index contributed by atoms with van der Waals surface area (Å²) in [6.45, 7) is 4.46. The summed E-state index contributed by atoms with van der Waals surface area (Å²) in [6.07, 6.45) is 13.9. The first kappa shape index (κ1) is 16.7. The van der Waals surface area contributed by atoms with E-state index in [1.54, 1.807) is 0 Å². The zero-order valence-electron chi connectivity index (χ0n) is 14.0. The van der Waals surface area contributed by atoms with Gasteiger partial charge in [-0.25, -0.2) is 9.97 Å². The highest BCUT2D eigenvalue weighted by atomic mass is 14.9. The van der Waals surface area contributed by atoms with Crippen molar-refractivity contribution in [3.8, 4) is 11.4 Å². The van der Waals surface area contributed by atoms with Crippen LogP contribution in [-0.2, 0) is 12.8 Å². The Kier molecular flexibility index (Phi) is 7.08. The van der Waals surface area contributed by atoms with Crippen LogP contribution in [0.15, 0.2) is 36.7 Å². The quantitative estimate of drug-likeness (QED) is 0.562. The molecule has 2 aromatic rings. The molecule has 0 saturated carbocycles. The third-order valence-electron chi connectivity index (χ3n) is 4.03. The second kappa shape index (κ2) is 9.34. The monoisotopic (exact) mass is 296 g/mol. The van der Waals surface area contributed by atoms with Gasteiger partial charge in [-0.15, -0.1) is 0 Å². The van der Waals surface area contributed by atoms with Crippen molar-refractivity contribution in [2.75, 3.05) is 0 Å². The summed E-state index contributed by atoms with van der Waals surface area (Å²) in [5, 5.41) is 0. The van der Waals surface area contributed by atoms with E-state index < -0.39 is 0 Å². The van der Waals surface area contributed by atoms with Crippen molar-refractivity contribution in [3.63, 3.8) is 0 Å². The Morgan fingerprint density at radius 2 is 1.36 bits per heavy atom. The van der Waals surface area contributed by atoms with Gasteiger partial charge in [0.05, 0.1) is 0 Å². The van der Waals surface area contributed by atoms with E-state index in [0.29, 0.717) is 0 Å². The lowest BCUT2D eigenvalue weighted by molar-refractivity contribution is 0.631. The first-order valence-electron chi connectivity index (χ1n) is 8.73. The van der Waals surface area contributed by atoms with E-state index in [1.165, 1.54) is 49.7 Å². The van der Waals surface area contributed by atoms with Crippen LogP contribution in [0.4, 0.5) is 0 Å². The Hall–Kier alpha value is -1.70. The normalized spacial score (nSPS) is 10.8. The Balaban J connectivity index is 1.88. The predicted octanol–water partition coefficient (Wildman–Crippen LogP) is 5.61. The van der Waals surface area contributed by atoms with Crippen molar-refractivity contribution in [2.45, 2.75) is 65.2 Å². The molecule has 0 aliphatic rings. The lowest BCUT2D eigenvalue weighted by Crippen LogP contribution is -1.93. The molecule has 0 aliphatic heterocycles. The van der Waals surface area contributed by atoms with Gasteiger partial charge in [0, 0.05) is 18.0 Å². The van der Waals surface area contributed by atoms with Crippen molar-refractivity contribution in [1.82, 2.24) is 9.97 Å².